The second kappa shape index (κ2) is 7.31. The second-order valence-corrected chi connectivity index (χ2v) is 5.35. The van der Waals surface area contributed by atoms with Crippen molar-refractivity contribution in [2.75, 3.05) is 26.3 Å². The highest BCUT2D eigenvalue weighted by atomic mass is 16.5. The number of hydrogen-bond donors (Lipinski definition) is 3. The number of ether oxygens (including phenoxy) is 1. The minimum Gasteiger partial charge on any atom is -0.389 e. The lowest BCUT2D eigenvalue weighted by Crippen LogP contribution is -2.45. The number of nitrogens with one attached hydrogen (secondary N) is 1. The van der Waals surface area contributed by atoms with Gasteiger partial charge < -0.3 is 20.3 Å². The number of rotatable bonds is 7. The first-order valence-electron chi connectivity index (χ1n) is 6.74. The highest BCUT2D eigenvalue weighted by Crippen LogP contribution is 2.31. The van der Waals surface area contributed by atoms with Crippen molar-refractivity contribution in [2.45, 2.75) is 51.2 Å². The maximum absolute atomic E-state index is 10.3. The lowest BCUT2D eigenvalue weighted by atomic mass is 9.79. The summed E-state index contributed by atoms with van der Waals surface area (Å²) in [6.45, 7) is 6.18. The molecule has 3 N–H and O–H groups in total. The van der Waals surface area contributed by atoms with Gasteiger partial charge in [-0.1, -0.05) is 6.92 Å². The first-order valence-corrected chi connectivity index (χ1v) is 6.74. The fraction of sp³-hybridized carbons (Fsp3) is 1.00. The van der Waals surface area contributed by atoms with Gasteiger partial charge in [0.05, 0.1) is 18.3 Å². The van der Waals surface area contributed by atoms with E-state index in [2.05, 4.69) is 12.2 Å². The van der Waals surface area contributed by atoms with Crippen molar-refractivity contribution in [3.8, 4) is 0 Å². The molecule has 0 bridgehead atoms. The monoisotopic (exact) mass is 245 g/mol. The minimum atomic E-state index is -0.572. The van der Waals surface area contributed by atoms with Crippen LogP contribution in [0.4, 0.5) is 0 Å². The quantitative estimate of drug-likeness (QED) is 0.624. The minimum absolute atomic E-state index is 0.360. The molecule has 1 rings (SSSR count). The van der Waals surface area contributed by atoms with Gasteiger partial charge >= 0.3 is 0 Å². The van der Waals surface area contributed by atoms with E-state index in [0.717, 1.165) is 31.6 Å². The smallest absolute Gasteiger partial charge is 0.0897 e. The molecule has 102 valence electrons. The van der Waals surface area contributed by atoms with Gasteiger partial charge in [0.25, 0.3) is 0 Å². The molecule has 0 amide bonds. The van der Waals surface area contributed by atoms with Crippen molar-refractivity contribution >= 4 is 0 Å². The van der Waals surface area contributed by atoms with E-state index in [0.29, 0.717) is 26.3 Å². The van der Waals surface area contributed by atoms with Gasteiger partial charge in [-0.2, -0.15) is 0 Å². The average Bonchev–Trinajstić information content (AvgIpc) is 2.31. The third-order valence-corrected chi connectivity index (χ3v) is 3.55. The van der Waals surface area contributed by atoms with Crippen LogP contribution in [-0.2, 0) is 4.74 Å². The molecule has 1 aliphatic rings. The lowest BCUT2D eigenvalue weighted by Gasteiger charge is -2.35. The van der Waals surface area contributed by atoms with Crippen LogP contribution in [-0.4, -0.2) is 48.2 Å². The van der Waals surface area contributed by atoms with Crippen LogP contribution < -0.4 is 5.32 Å². The molecule has 4 heteroatoms. The predicted molar refractivity (Wildman–Crippen MR) is 68.0 cm³/mol. The highest BCUT2D eigenvalue weighted by molar-refractivity contribution is 4.86. The van der Waals surface area contributed by atoms with Crippen LogP contribution in [0.2, 0.25) is 0 Å². The van der Waals surface area contributed by atoms with Crippen molar-refractivity contribution < 1.29 is 14.9 Å². The second-order valence-electron chi connectivity index (χ2n) is 5.35. The summed E-state index contributed by atoms with van der Waals surface area (Å²) in [4.78, 5) is 0. The number of hydrogen-bond acceptors (Lipinski definition) is 4. The van der Waals surface area contributed by atoms with E-state index < -0.39 is 11.7 Å². The summed E-state index contributed by atoms with van der Waals surface area (Å²) in [6.07, 6.45) is 3.44. The molecule has 0 aromatic carbocycles. The largest absolute Gasteiger partial charge is 0.389 e. The van der Waals surface area contributed by atoms with Crippen molar-refractivity contribution in [3.05, 3.63) is 0 Å². The third-order valence-electron chi connectivity index (χ3n) is 3.55. The third kappa shape index (κ3) is 5.82. The van der Waals surface area contributed by atoms with Gasteiger partial charge in [-0.3, -0.25) is 0 Å². The summed E-state index contributed by atoms with van der Waals surface area (Å²) in [6, 6.07) is 0. The Hall–Kier alpha value is -0.160. The molecule has 4 nitrogen and oxygen atoms in total. The van der Waals surface area contributed by atoms with Crippen molar-refractivity contribution in [1.82, 2.24) is 5.32 Å². The van der Waals surface area contributed by atoms with Crippen LogP contribution in [0.5, 0.6) is 0 Å². The normalized spacial score (nSPS) is 31.4. The first-order chi connectivity index (χ1) is 8.06. The summed E-state index contributed by atoms with van der Waals surface area (Å²) in [5.74, 6) is 0.735. The molecule has 1 unspecified atom stereocenters. The molecule has 0 aromatic heterocycles. The molecule has 1 fully saturated rings. The average molecular weight is 245 g/mol. The molecule has 0 heterocycles. The summed E-state index contributed by atoms with van der Waals surface area (Å²) in [7, 11) is 0. The Morgan fingerprint density at radius 3 is 2.65 bits per heavy atom. The van der Waals surface area contributed by atoms with Crippen molar-refractivity contribution in [3.63, 3.8) is 0 Å². The summed E-state index contributed by atoms with van der Waals surface area (Å²) in [5.41, 5.74) is -0.572. The zero-order chi connectivity index (χ0) is 12.7. The van der Waals surface area contributed by atoms with Crippen LogP contribution in [0.3, 0.4) is 0 Å². The Labute approximate surface area is 104 Å². The molecular weight excluding hydrogens is 218 g/mol. The molecule has 1 aliphatic carbocycles. The molecule has 1 saturated carbocycles. The Balaban J connectivity index is 2.13. The van der Waals surface area contributed by atoms with Gasteiger partial charge in [0.15, 0.2) is 0 Å². The van der Waals surface area contributed by atoms with E-state index in [4.69, 9.17) is 4.74 Å². The van der Waals surface area contributed by atoms with E-state index in [1.54, 1.807) is 0 Å². The molecule has 0 radical (unpaired) electrons. The van der Waals surface area contributed by atoms with E-state index in [-0.39, 0.29) is 0 Å². The topological polar surface area (TPSA) is 61.7 Å². The fourth-order valence-corrected chi connectivity index (χ4v) is 2.26. The zero-order valence-electron chi connectivity index (χ0n) is 11.1. The summed E-state index contributed by atoms with van der Waals surface area (Å²) >= 11 is 0. The van der Waals surface area contributed by atoms with Crippen molar-refractivity contribution in [2.24, 2.45) is 5.92 Å². The molecule has 0 spiro atoms. The van der Waals surface area contributed by atoms with E-state index >= 15 is 0 Å². The number of aliphatic hydroxyl groups is 2. The zero-order valence-corrected chi connectivity index (χ0v) is 11.1. The van der Waals surface area contributed by atoms with Crippen LogP contribution in [0.1, 0.15) is 39.5 Å². The van der Waals surface area contributed by atoms with Crippen LogP contribution in [0, 0.1) is 5.92 Å². The van der Waals surface area contributed by atoms with E-state index in [9.17, 15) is 10.2 Å². The standard InChI is InChI=1S/C13H27NO3/c1-3-17-9-12(15)8-14-10-13(16)6-4-11(2)5-7-13/h11-12,14-16H,3-10H2,1-2H3. The predicted octanol–water partition coefficient (Wildman–Crippen LogP) is 0.915. The van der Waals surface area contributed by atoms with Gasteiger partial charge in [-0.05, 0) is 38.5 Å². The Morgan fingerprint density at radius 1 is 1.41 bits per heavy atom. The number of aliphatic hydroxyl groups excluding tert-OH is 1. The van der Waals surface area contributed by atoms with Gasteiger partial charge in [0.2, 0.25) is 0 Å². The summed E-state index contributed by atoms with van der Waals surface area (Å²) in [5, 5.41) is 23.0. The Bertz CT molecular complexity index is 203. The van der Waals surface area contributed by atoms with Crippen LogP contribution >= 0.6 is 0 Å². The Morgan fingerprint density at radius 2 is 2.06 bits per heavy atom. The maximum atomic E-state index is 10.3. The molecule has 0 saturated heterocycles. The maximum Gasteiger partial charge on any atom is 0.0897 e. The molecular formula is C13H27NO3. The molecule has 1 atom stereocenters. The summed E-state index contributed by atoms with van der Waals surface area (Å²) < 4.78 is 5.12. The molecule has 17 heavy (non-hydrogen) atoms. The van der Waals surface area contributed by atoms with Crippen molar-refractivity contribution in [1.29, 1.82) is 0 Å². The van der Waals surface area contributed by atoms with E-state index in [1.807, 2.05) is 6.92 Å². The van der Waals surface area contributed by atoms with Gasteiger partial charge in [-0.15, -0.1) is 0 Å². The fourth-order valence-electron chi connectivity index (χ4n) is 2.26. The van der Waals surface area contributed by atoms with E-state index in [1.165, 1.54) is 0 Å². The van der Waals surface area contributed by atoms with Crippen LogP contribution in [0.25, 0.3) is 0 Å². The van der Waals surface area contributed by atoms with Gasteiger partial charge in [-0.25, -0.2) is 0 Å². The molecule has 0 aliphatic heterocycles. The SMILES string of the molecule is CCOCC(O)CNCC1(O)CCC(C)CC1. The van der Waals surface area contributed by atoms with Crippen LogP contribution in [0.15, 0.2) is 0 Å². The first kappa shape index (κ1) is 14.9. The van der Waals surface area contributed by atoms with Gasteiger partial charge in [0, 0.05) is 19.7 Å². The lowest BCUT2D eigenvalue weighted by molar-refractivity contribution is -0.0113. The van der Waals surface area contributed by atoms with Gasteiger partial charge in [0.1, 0.15) is 0 Å². The molecule has 0 aromatic rings. The highest BCUT2D eigenvalue weighted by Gasteiger charge is 2.31. The Kier molecular flexibility index (Phi) is 6.41.